The number of methoxy groups -OCH3 is 1. The molecule has 5 rings (SSSR count). The van der Waals surface area contributed by atoms with Crippen LogP contribution in [-0.4, -0.2) is 36.5 Å². The molecule has 0 amide bonds. The number of hydrogen-bond donors (Lipinski definition) is 1. The summed E-state index contributed by atoms with van der Waals surface area (Å²) < 4.78 is 8.96. The molecular formula is C20H23N7O. The van der Waals surface area contributed by atoms with Gasteiger partial charge in [0.2, 0.25) is 5.95 Å². The summed E-state index contributed by atoms with van der Waals surface area (Å²) in [5.74, 6) is 2.65. The van der Waals surface area contributed by atoms with Gasteiger partial charge in [-0.2, -0.15) is 9.61 Å². The fourth-order valence-electron chi connectivity index (χ4n) is 4.36. The summed E-state index contributed by atoms with van der Waals surface area (Å²) in [6.07, 6.45) is 8.54. The Balaban J connectivity index is 1.56. The summed E-state index contributed by atoms with van der Waals surface area (Å²) in [6.45, 7) is 0. The Labute approximate surface area is 162 Å². The number of benzene rings is 1. The van der Waals surface area contributed by atoms with Gasteiger partial charge in [0, 0.05) is 24.5 Å². The average molecular weight is 377 g/mol. The molecule has 1 aliphatic rings. The van der Waals surface area contributed by atoms with Gasteiger partial charge in [0.05, 0.1) is 13.3 Å². The molecule has 1 fully saturated rings. The zero-order valence-corrected chi connectivity index (χ0v) is 16.0. The van der Waals surface area contributed by atoms with Gasteiger partial charge in [-0.3, -0.25) is 4.68 Å². The number of para-hydroxylation sites is 1. The lowest BCUT2D eigenvalue weighted by Gasteiger charge is -2.26. The molecule has 0 spiro atoms. The summed E-state index contributed by atoms with van der Waals surface area (Å²) in [5.41, 5.74) is 8.94. The van der Waals surface area contributed by atoms with E-state index in [1.165, 1.54) is 12.0 Å². The van der Waals surface area contributed by atoms with Gasteiger partial charge in [-0.1, -0.05) is 12.5 Å². The van der Waals surface area contributed by atoms with Gasteiger partial charge < -0.3 is 10.5 Å². The first kappa shape index (κ1) is 17.0. The van der Waals surface area contributed by atoms with Gasteiger partial charge in [0.15, 0.2) is 11.5 Å². The highest BCUT2D eigenvalue weighted by molar-refractivity contribution is 5.95. The molecule has 4 aromatic rings. The van der Waals surface area contributed by atoms with Crippen LogP contribution in [0.3, 0.4) is 0 Å². The molecule has 8 nitrogen and oxygen atoms in total. The van der Waals surface area contributed by atoms with Crippen molar-refractivity contribution in [3.8, 4) is 5.75 Å². The molecule has 3 aromatic heterocycles. The lowest BCUT2D eigenvalue weighted by Crippen LogP contribution is -2.14. The van der Waals surface area contributed by atoms with E-state index in [0.29, 0.717) is 29.1 Å². The Kier molecular flexibility index (Phi) is 3.92. The minimum absolute atomic E-state index is 0.305. The minimum atomic E-state index is 0.305. The molecule has 0 aliphatic heterocycles. The van der Waals surface area contributed by atoms with E-state index in [1.807, 2.05) is 36.1 Å². The second-order valence-electron chi connectivity index (χ2n) is 7.54. The zero-order chi connectivity index (χ0) is 19.3. The Morgan fingerprint density at radius 3 is 2.82 bits per heavy atom. The Morgan fingerprint density at radius 1 is 1.18 bits per heavy atom. The van der Waals surface area contributed by atoms with Crippen molar-refractivity contribution in [3.05, 3.63) is 42.0 Å². The molecule has 0 radical (unpaired) electrons. The molecule has 1 aliphatic carbocycles. The fraction of sp³-hybridized carbons (Fsp3) is 0.400. The van der Waals surface area contributed by atoms with Crippen molar-refractivity contribution in [2.24, 2.45) is 7.05 Å². The second-order valence-corrected chi connectivity index (χ2v) is 7.54. The monoisotopic (exact) mass is 377 g/mol. The van der Waals surface area contributed by atoms with Crippen LogP contribution in [0.25, 0.3) is 16.6 Å². The number of hydrogen-bond acceptors (Lipinski definition) is 6. The zero-order valence-electron chi connectivity index (χ0n) is 16.0. The number of ether oxygens (including phenoxy) is 1. The molecule has 1 aromatic carbocycles. The van der Waals surface area contributed by atoms with Crippen molar-refractivity contribution in [1.29, 1.82) is 0 Å². The third-order valence-corrected chi connectivity index (χ3v) is 5.76. The number of nitrogen functional groups attached to an aromatic ring is 1. The fourth-order valence-corrected chi connectivity index (χ4v) is 4.36. The summed E-state index contributed by atoms with van der Waals surface area (Å²) in [5, 5.41) is 9.96. The SMILES string of the molecule is COc1cccc2c1nc(N)n1nc(C3CCCC(c4cnn(C)c4)C3)nc21. The van der Waals surface area contributed by atoms with Crippen LogP contribution in [0.15, 0.2) is 30.6 Å². The number of aromatic nitrogens is 6. The van der Waals surface area contributed by atoms with Gasteiger partial charge >= 0.3 is 0 Å². The van der Waals surface area contributed by atoms with Crippen molar-refractivity contribution in [1.82, 2.24) is 29.4 Å². The van der Waals surface area contributed by atoms with E-state index in [0.717, 1.165) is 36.1 Å². The highest BCUT2D eigenvalue weighted by atomic mass is 16.5. The molecule has 0 saturated heterocycles. The van der Waals surface area contributed by atoms with Gasteiger partial charge in [-0.15, -0.1) is 5.10 Å². The topological polar surface area (TPSA) is 96.1 Å². The van der Waals surface area contributed by atoms with Gasteiger partial charge in [0.1, 0.15) is 11.3 Å². The van der Waals surface area contributed by atoms with E-state index in [9.17, 15) is 0 Å². The van der Waals surface area contributed by atoms with E-state index in [2.05, 4.69) is 16.3 Å². The van der Waals surface area contributed by atoms with Gasteiger partial charge in [0.25, 0.3) is 0 Å². The number of nitrogens with two attached hydrogens (primary N) is 1. The third-order valence-electron chi connectivity index (χ3n) is 5.76. The number of rotatable bonds is 3. The van der Waals surface area contributed by atoms with Crippen molar-refractivity contribution < 1.29 is 4.74 Å². The average Bonchev–Trinajstić information content (AvgIpc) is 3.35. The van der Waals surface area contributed by atoms with Crippen LogP contribution in [0, 0.1) is 0 Å². The number of aryl methyl sites for hydroxylation is 1. The normalized spacial score (nSPS) is 20.1. The van der Waals surface area contributed by atoms with Crippen LogP contribution in [0.2, 0.25) is 0 Å². The number of anilines is 1. The van der Waals surface area contributed by atoms with E-state index in [4.69, 9.17) is 20.6 Å². The predicted octanol–water partition coefficient (Wildman–Crippen LogP) is 3.04. The molecule has 8 heteroatoms. The maximum Gasteiger partial charge on any atom is 0.223 e. The highest BCUT2D eigenvalue weighted by Crippen LogP contribution is 2.40. The van der Waals surface area contributed by atoms with Crippen molar-refractivity contribution >= 4 is 22.5 Å². The van der Waals surface area contributed by atoms with Crippen molar-refractivity contribution in [2.75, 3.05) is 12.8 Å². The maximum absolute atomic E-state index is 6.19. The first-order chi connectivity index (χ1) is 13.6. The van der Waals surface area contributed by atoms with Crippen LogP contribution in [0.4, 0.5) is 5.95 Å². The summed E-state index contributed by atoms with van der Waals surface area (Å²) >= 11 is 0. The smallest absolute Gasteiger partial charge is 0.223 e. The molecule has 144 valence electrons. The minimum Gasteiger partial charge on any atom is -0.494 e. The Bertz CT molecular complexity index is 1160. The largest absolute Gasteiger partial charge is 0.494 e. The Morgan fingerprint density at radius 2 is 2.04 bits per heavy atom. The van der Waals surface area contributed by atoms with Crippen molar-refractivity contribution in [3.63, 3.8) is 0 Å². The molecular weight excluding hydrogens is 354 g/mol. The first-order valence-corrected chi connectivity index (χ1v) is 9.61. The van der Waals surface area contributed by atoms with E-state index >= 15 is 0 Å². The van der Waals surface area contributed by atoms with Crippen LogP contribution < -0.4 is 10.5 Å². The van der Waals surface area contributed by atoms with Crippen LogP contribution in [0.1, 0.15) is 48.9 Å². The van der Waals surface area contributed by atoms with Crippen LogP contribution in [0.5, 0.6) is 5.75 Å². The molecule has 2 N–H and O–H groups in total. The predicted molar refractivity (Wildman–Crippen MR) is 106 cm³/mol. The Hall–Kier alpha value is -3.16. The molecule has 0 bridgehead atoms. The van der Waals surface area contributed by atoms with Crippen LogP contribution in [-0.2, 0) is 7.05 Å². The number of fused-ring (bicyclic) bond motifs is 3. The van der Waals surface area contributed by atoms with Crippen molar-refractivity contribution in [2.45, 2.75) is 37.5 Å². The van der Waals surface area contributed by atoms with E-state index < -0.39 is 0 Å². The van der Waals surface area contributed by atoms with E-state index in [-0.39, 0.29) is 0 Å². The second kappa shape index (κ2) is 6.47. The standard InChI is InChI=1S/C20H23N7O/c1-26-11-14(10-22-26)12-5-3-6-13(9-12)18-24-19-15-7-4-8-16(28-2)17(15)23-20(21)27(19)25-18/h4,7-8,10-13H,3,5-6,9H2,1-2H3,(H2,21,23). The summed E-state index contributed by atoms with van der Waals surface area (Å²) in [6, 6.07) is 5.80. The maximum atomic E-state index is 6.19. The molecule has 1 saturated carbocycles. The molecule has 28 heavy (non-hydrogen) atoms. The lowest BCUT2D eigenvalue weighted by molar-refractivity contribution is 0.382. The quantitative estimate of drug-likeness (QED) is 0.589. The summed E-state index contributed by atoms with van der Waals surface area (Å²) in [7, 11) is 3.59. The summed E-state index contributed by atoms with van der Waals surface area (Å²) in [4.78, 5) is 9.39. The molecule has 2 unspecified atom stereocenters. The third kappa shape index (κ3) is 2.67. The lowest BCUT2D eigenvalue weighted by atomic mass is 9.78. The number of nitrogens with zero attached hydrogens (tertiary/aromatic N) is 6. The van der Waals surface area contributed by atoms with Crippen LogP contribution >= 0.6 is 0 Å². The first-order valence-electron chi connectivity index (χ1n) is 9.61. The van der Waals surface area contributed by atoms with Gasteiger partial charge in [-0.25, -0.2) is 9.97 Å². The molecule has 2 atom stereocenters. The van der Waals surface area contributed by atoms with Gasteiger partial charge in [-0.05, 0) is 42.9 Å². The molecule has 3 heterocycles. The highest BCUT2D eigenvalue weighted by Gasteiger charge is 2.28. The van der Waals surface area contributed by atoms with E-state index in [1.54, 1.807) is 11.6 Å².